The van der Waals surface area contributed by atoms with Crippen molar-refractivity contribution in [3.8, 4) is 0 Å². The van der Waals surface area contributed by atoms with Gasteiger partial charge in [-0.2, -0.15) is 14.7 Å². The molecule has 1 aliphatic heterocycles. The van der Waals surface area contributed by atoms with Gasteiger partial charge in [-0.1, -0.05) is 0 Å². The van der Waals surface area contributed by atoms with Gasteiger partial charge < -0.3 is 10.1 Å². The number of aryl methyl sites for hydroxylation is 2. The number of anilines is 1. The molecule has 3 aromatic rings. The fraction of sp³-hybridized carbons (Fsp3) is 0.474. The first-order chi connectivity index (χ1) is 13.1. The third-order valence-electron chi connectivity index (χ3n) is 5.22. The minimum atomic E-state index is -0.156. The average molecular weight is 366 g/mol. The number of hydrogen-bond donors (Lipinski definition) is 1. The smallest absolute Gasteiger partial charge is 0.267 e. The molecule has 2 fully saturated rings. The lowest BCUT2D eigenvalue weighted by Crippen LogP contribution is -2.38. The van der Waals surface area contributed by atoms with Gasteiger partial charge in [-0.15, -0.1) is 0 Å². The molecule has 0 amide bonds. The summed E-state index contributed by atoms with van der Waals surface area (Å²) in [6.07, 6.45) is 2.31. The molecule has 0 radical (unpaired) electrons. The molecule has 140 valence electrons. The quantitative estimate of drug-likeness (QED) is 0.758. The first-order valence-corrected chi connectivity index (χ1v) is 9.36. The number of hydrogen-bond acceptors (Lipinski definition) is 6. The molecule has 5 rings (SSSR count). The summed E-state index contributed by atoms with van der Waals surface area (Å²) >= 11 is 0. The highest BCUT2D eigenvalue weighted by Crippen LogP contribution is 2.38. The Morgan fingerprint density at radius 1 is 1.11 bits per heavy atom. The van der Waals surface area contributed by atoms with Gasteiger partial charge in [0, 0.05) is 29.8 Å². The maximum atomic E-state index is 12.5. The van der Waals surface area contributed by atoms with Gasteiger partial charge >= 0.3 is 0 Å². The van der Waals surface area contributed by atoms with Crippen LogP contribution in [-0.2, 0) is 4.74 Å². The Labute approximate surface area is 156 Å². The summed E-state index contributed by atoms with van der Waals surface area (Å²) in [4.78, 5) is 17.0. The van der Waals surface area contributed by atoms with E-state index in [1.54, 1.807) is 15.3 Å². The first kappa shape index (κ1) is 16.4. The number of ether oxygens (including phenoxy) is 1. The van der Waals surface area contributed by atoms with Crippen molar-refractivity contribution in [3.63, 3.8) is 0 Å². The molecule has 27 heavy (non-hydrogen) atoms. The van der Waals surface area contributed by atoms with E-state index in [4.69, 9.17) is 4.74 Å². The molecule has 0 aromatic carbocycles. The third kappa shape index (κ3) is 2.99. The normalized spacial score (nSPS) is 22.4. The SMILES string of the molecule is Cc1cc(NC2COCC2n2nc(C3CC3)ccc2=O)n2nc(C)cc2n1. The second-order valence-electron chi connectivity index (χ2n) is 7.51. The number of fused-ring (bicyclic) bond motifs is 1. The van der Waals surface area contributed by atoms with Gasteiger partial charge in [-0.05, 0) is 32.8 Å². The molecule has 2 aliphatic rings. The first-order valence-electron chi connectivity index (χ1n) is 9.36. The molecular formula is C19H22N6O2. The van der Waals surface area contributed by atoms with Crippen LogP contribution >= 0.6 is 0 Å². The predicted octanol–water partition coefficient (Wildman–Crippen LogP) is 1.83. The van der Waals surface area contributed by atoms with Gasteiger partial charge in [-0.3, -0.25) is 4.79 Å². The summed E-state index contributed by atoms with van der Waals surface area (Å²) in [5.74, 6) is 1.34. The van der Waals surface area contributed by atoms with Crippen molar-refractivity contribution in [2.75, 3.05) is 18.5 Å². The molecule has 2 unspecified atom stereocenters. The van der Waals surface area contributed by atoms with Crippen LogP contribution in [0, 0.1) is 13.8 Å². The molecule has 8 nitrogen and oxygen atoms in total. The molecule has 1 saturated heterocycles. The minimum absolute atomic E-state index is 0.0702. The van der Waals surface area contributed by atoms with E-state index >= 15 is 0 Å². The van der Waals surface area contributed by atoms with E-state index in [0.29, 0.717) is 19.1 Å². The Morgan fingerprint density at radius 3 is 2.78 bits per heavy atom. The zero-order valence-corrected chi connectivity index (χ0v) is 15.4. The van der Waals surface area contributed by atoms with E-state index in [2.05, 4.69) is 20.5 Å². The molecule has 2 atom stereocenters. The highest BCUT2D eigenvalue weighted by Gasteiger charge is 2.33. The van der Waals surface area contributed by atoms with Crippen LogP contribution in [0.25, 0.3) is 5.65 Å². The van der Waals surface area contributed by atoms with Gasteiger partial charge in [0.05, 0.1) is 30.6 Å². The summed E-state index contributed by atoms with van der Waals surface area (Å²) < 4.78 is 9.10. The summed E-state index contributed by atoms with van der Waals surface area (Å²) in [5.41, 5.74) is 3.53. The van der Waals surface area contributed by atoms with E-state index < -0.39 is 0 Å². The van der Waals surface area contributed by atoms with Crippen LogP contribution in [0.3, 0.4) is 0 Å². The number of rotatable bonds is 4. The molecule has 1 saturated carbocycles. The molecule has 3 aromatic heterocycles. The number of nitrogens with one attached hydrogen (secondary N) is 1. The van der Waals surface area contributed by atoms with Gasteiger partial charge in [-0.25, -0.2) is 9.67 Å². The number of nitrogens with zero attached hydrogens (tertiary/aromatic N) is 5. The topological polar surface area (TPSA) is 86.3 Å². The average Bonchev–Trinajstić information content (AvgIpc) is 3.27. The summed E-state index contributed by atoms with van der Waals surface area (Å²) in [6.45, 7) is 4.88. The van der Waals surface area contributed by atoms with Crippen molar-refractivity contribution >= 4 is 11.5 Å². The summed E-state index contributed by atoms with van der Waals surface area (Å²) in [7, 11) is 0. The van der Waals surface area contributed by atoms with E-state index in [-0.39, 0.29) is 17.6 Å². The van der Waals surface area contributed by atoms with Crippen molar-refractivity contribution in [3.05, 3.63) is 51.7 Å². The maximum Gasteiger partial charge on any atom is 0.267 e. The molecule has 0 bridgehead atoms. The van der Waals surface area contributed by atoms with E-state index in [1.165, 1.54) is 0 Å². The lowest BCUT2D eigenvalue weighted by molar-refractivity contribution is 0.182. The maximum absolute atomic E-state index is 12.5. The Morgan fingerprint density at radius 2 is 1.96 bits per heavy atom. The van der Waals surface area contributed by atoms with Gasteiger partial charge in [0.1, 0.15) is 11.9 Å². The van der Waals surface area contributed by atoms with Crippen molar-refractivity contribution in [1.82, 2.24) is 24.4 Å². The van der Waals surface area contributed by atoms with Crippen molar-refractivity contribution in [2.45, 2.75) is 44.7 Å². The molecule has 0 spiro atoms. The molecule has 8 heteroatoms. The van der Waals surface area contributed by atoms with E-state index in [9.17, 15) is 4.79 Å². The van der Waals surface area contributed by atoms with Crippen molar-refractivity contribution in [1.29, 1.82) is 0 Å². The standard InChI is InChI=1S/C19H22N6O2/c1-11-7-18(25-17(20-11)8-12(2)22-25)21-15-9-27-10-16(15)24-19(26)6-5-14(23-24)13-3-4-13/h5-8,13,15-16,21H,3-4,9-10H2,1-2H3. The summed E-state index contributed by atoms with van der Waals surface area (Å²) in [5, 5.41) is 12.7. The summed E-state index contributed by atoms with van der Waals surface area (Å²) in [6, 6.07) is 7.17. The van der Waals surface area contributed by atoms with Crippen molar-refractivity contribution < 1.29 is 4.74 Å². The van der Waals surface area contributed by atoms with Gasteiger partial charge in [0.2, 0.25) is 0 Å². The second-order valence-corrected chi connectivity index (χ2v) is 7.51. The third-order valence-corrected chi connectivity index (χ3v) is 5.22. The minimum Gasteiger partial charge on any atom is -0.377 e. The Kier molecular flexibility index (Phi) is 3.75. The Balaban J connectivity index is 1.49. The van der Waals surface area contributed by atoms with Crippen LogP contribution in [0.4, 0.5) is 5.82 Å². The fourth-order valence-electron chi connectivity index (χ4n) is 3.70. The lowest BCUT2D eigenvalue weighted by atomic mass is 10.1. The largest absolute Gasteiger partial charge is 0.377 e. The van der Waals surface area contributed by atoms with Gasteiger partial charge in [0.15, 0.2) is 5.65 Å². The predicted molar refractivity (Wildman–Crippen MR) is 100 cm³/mol. The van der Waals surface area contributed by atoms with Crippen molar-refractivity contribution in [2.24, 2.45) is 0 Å². The van der Waals surface area contributed by atoms with Crippen LogP contribution < -0.4 is 10.9 Å². The number of aromatic nitrogens is 5. The Hall–Kier alpha value is -2.74. The molecule has 1 N–H and O–H groups in total. The molecule has 4 heterocycles. The Bertz CT molecular complexity index is 1070. The van der Waals surface area contributed by atoms with Crippen LogP contribution in [0.5, 0.6) is 0 Å². The van der Waals surface area contributed by atoms with Crippen LogP contribution in [-0.4, -0.2) is 43.6 Å². The zero-order valence-electron chi connectivity index (χ0n) is 15.4. The monoisotopic (exact) mass is 366 g/mol. The van der Waals surface area contributed by atoms with E-state index in [0.717, 1.165) is 41.4 Å². The molecular weight excluding hydrogens is 344 g/mol. The van der Waals surface area contributed by atoms with E-state index in [1.807, 2.05) is 32.0 Å². The second kappa shape index (κ2) is 6.16. The highest BCUT2D eigenvalue weighted by atomic mass is 16.5. The van der Waals surface area contributed by atoms with Gasteiger partial charge in [0.25, 0.3) is 5.56 Å². The van der Waals surface area contributed by atoms with Crippen LogP contribution in [0.2, 0.25) is 0 Å². The van der Waals surface area contributed by atoms with Crippen LogP contribution in [0.1, 0.15) is 41.9 Å². The zero-order chi connectivity index (χ0) is 18.5. The fourth-order valence-corrected chi connectivity index (χ4v) is 3.70. The van der Waals surface area contributed by atoms with Crippen LogP contribution in [0.15, 0.2) is 29.1 Å². The molecule has 1 aliphatic carbocycles. The lowest BCUT2D eigenvalue weighted by Gasteiger charge is -2.22. The highest BCUT2D eigenvalue weighted by molar-refractivity contribution is 5.51.